The summed E-state index contributed by atoms with van der Waals surface area (Å²) in [5.41, 5.74) is 2.59. The maximum Gasteiger partial charge on any atom is 0.251 e. The van der Waals surface area contributed by atoms with Gasteiger partial charge in [0.2, 0.25) is 5.91 Å². The molecule has 1 heterocycles. The van der Waals surface area contributed by atoms with Crippen LogP contribution in [-0.4, -0.2) is 51.1 Å². The van der Waals surface area contributed by atoms with Crippen molar-refractivity contribution in [1.82, 2.24) is 16.0 Å². The fraction of sp³-hybridized carbons (Fsp3) is 0.375. The van der Waals surface area contributed by atoms with Crippen molar-refractivity contribution in [2.75, 3.05) is 38.2 Å². The van der Waals surface area contributed by atoms with Crippen LogP contribution in [0.15, 0.2) is 53.5 Å². The van der Waals surface area contributed by atoms with E-state index < -0.39 is 0 Å². The smallest absolute Gasteiger partial charge is 0.251 e. The van der Waals surface area contributed by atoms with Crippen LogP contribution in [0.5, 0.6) is 5.75 Å². The van der Waals surface area contributed by atoms with E-state index in [-0.39, 0.29) is 11.8 Å². The van der Waals surface area contributed by atoms with Crippen molar-refractivity contribution in [3.05, 3.63) is 59.7 Å². The highest BCUT2D eigenvalue weighted by Gasteiger charge is 2.21. The fourth-order valence-corrected chi connectivity index (χ4v) is 3.42. The minimum atomic E-state index is -0.132. The second-order valence-electron chi connectivity index (χ2n) is 7.42. The van der Waals surface area contributed by atoms with Gasteiger partial charge in [-0.05, 0) is 55.3 Å². The number of nitrogens with one attached hydrogen (secondary N) is 3. The van der Waals surface area contributed by atoms with Crippen LogP contribution in [0.4, 0.5) is 5.69 Å². The zero-order valence-corrected chi connectivity index (χ0v) is 18.7. The van der Waals surface area contributed by atoms with Crippen molar-refractivity contribution in [2.24, 2.45) is 4.99 Å². The second-order valence-corrected chi connectivity index (χ2v) is 7.42. The number of nitrogens with zero attached hydrogens (tertiary/aromatic N) is 2. The number of carbonyl (C=O) groups excluding carboxylic acids is 2. The van der Waals surface area contributed by atoms with Crippen LogP contribution >= 0.6 is 0 Å². The zero-order chi connectivity index (χ0) is 22.8. The minimum absolute atomic E-state index is 0.132. The Balaban J connectivity index is 1.46. The van der Waals surface area contributed by atoms with E-state index in [1.165, 1.54) is 0 Å². The van der Waals surface area contributed by atoms with Crippen LogP contribution < -0.4 is 25.6 Å². The lowest BCUT2D eigenvalue weighted by Crippen LogP contribution is -2.41. The van der Waals surface area contributed by atoms with E-state index in [1.807, 2.05) is 36.1 Å². The molecule has 0 aromatic heterocycles. The fourth-order valence-electron chi connectivity index (χ4n) is 3.42. The van der Waals surface area contributed by atoms with E-state index in [0.717, 1.165) is 30.8 Å². The molecule has 0 atom stereocenters. The lowest BCUT2D eigenvalue weighted by molar-refractivity contribution is -0.117. The van der Waals surface area contributed by atoms with Gasteiger partial charge in [-0.15, -0.1) is 0 Å². The Hall–Kier alpha value is -3.55. The van der Waals surface area contributed by atoms with E-state index in [9.17, 15) is 9.59 Å². The van der Waals surface area contributed by atoms with Gasteiger partial charge in [-0.25, -0.2) is 4.99 Å². The van der Waals surface area contributed by atoms with Crippen molar-refractivity contribution in [3.8, 4) is 5.75 Å². The number of amides is 2. The molecule has 0 spiro atoms. The van der Waals surface area contributed by atoms with Crippen LogP contribution in [0.3, 0.4) is 0 Å². The lowest BCUT2D eigenvalue weighted by Gasteiger charge is -2.16. The Kier molecular flexibility index (Phi) is 8.48. The van der Waals surface area contributed by atoms with Gasteiger partial charge in [0, 0.05) is 43.9 Å². The molecule has 0 unspecified atom stereocenters. The number of rotatable bonds is 9. The predicted molar refractivity (Wildman–Crippen MR) is 126 cm³/mol. The van der Waals surface area contributed by atoms with E-state index in [2.05, 4.69) is 20.9 Å². The molecule has 3 N–H and O–H groups in total. The summed E-state index contributed by atoms with van der Waals surface area (Å²) in [4.78, 5) is 30.5. The Bertz CT molecular complexity index is 926. The van der Waals surface area contributed by atoms with E-state index in [4.69, 9.17) is 4.74 Å². The molecule has 0 aliphatic carbocycles. The molecule has 2 aromatic carbocycles. The zero-order valence-electron chi connectivity index (χ0n) is 18.7. The second kappa shape index (κ2) is 11.7. The van der Waals surface area contributed by atoms with E-state index >= 15 is 0 Å². The number of methoxy groups -OCH3 is 1. The minimum Gasteiger partial charge on any atom is -0.497 e. The van der Waals surface area contributed by atoms with Gasteiger partial charge in [0.05, 0.1) is 13.7 Å². The van der Waals surface area contributed by atoms with Gasteiger partial charge >= 0.3 is 0 Å². The summed E-state index contributed by atoms with van der Waals surface area (Å²) < 4.78 is 5.11. The van der Waals surface area contributed by atoms with E-state index in [0.29, 0.717) is 43.3 Å². The van der Waals surface area contributed by atoms with Gasteiger partial charge in [0.1, 0.15) is 5.75 Å². The molecule has 0 bridgehead atoms. The molecule has 1 aliphatic heterocycles. The number of hydrogen-bond acceptors (Lipinski definition) is 4. The monoisotopic (exact) mass is 437 g/mol. The van der Waals surface area contributed by atoms with Gasteiger partial charge in [-0.3, -0.25) is 9.59 Å². The summed E-state index contributed by atoms with van der Waals surface area (Å²) in [5.74, 6) is 1.46. The Morgan fingerprint density at radius 3 is 2.38 bits per heavy atom. The predicted octanol–water partition coefficient (Wildman–Crippen LogP) is 2.31. The summed E-state index contributed by atoms with van der Waals surface area (Å²) in [6, 6.07) is 15.0. The first-order valence-corrected chi connectivity index (χ1v) is 10.9. The summed E-state index contributed by atoms with van der Waals surface area (Å²) >= 11 is 0. The first-order valence-electron chi connectivity index (χ1n) is 10.9. The Morgan fingerprint density at radius 2 is 1.75 bits per heavy atom. The molecular formula is C24H31N5O3. The van der Waals surface area contributed by atoms with Crippen molar-refractivity contribution in [3.63, 3.8) is 0 Å². The third-order valence-electron chi connectivity index (χ3n) is 5.14. The highest BCUT2D eigenvalue weighted by atomic mass is 16.5. The van der Waals surface area contributed by atoms with Crippen LogP contribution in [-0.2, 0) is 11.3 Å². The average Bonchev–Trinajstić information content (AvgIpc) is 3.26. The van der Waals surface area contributed by atoms with Crippen LogP contribution in [0.1, 0.15) is 35.7 Å². The summed E-state index contributed by atoms with van der Waals surface area (Å²) in [6.07, 6.45) is 1.55. The molecular weight excluding hydrogens is 406 g/mol. The first-order chi connectivity index (χ1) is 15.6. The molecule has 32 heavy (non-hydrogen) atoms. The average molecular weight is 438 g/mol. The molecule has 0 saturated carbocycles. The normalized spacial score (nSPS) is 13.8. The molecule has 1 aliphatic rings. The van der Waals surface area contributed by atoms with Crippen molar-refractivity contribution >= 4 is 23.5 Å². The van der Waals surface area contributed by atoms with Crippen LogP contribution in [0.25, 0.3) is 0 Å². The molecule has 0 radical (unpaired) electrons. The Labute approximate surface area is 189 Å². The maximum absolute atomic E-state index is 12.2. The van der Waals surface area contributed by atoms with Gasteiger partial charge in [0.25, 0.3) is 5.91 Å². The van der Waals surface area contributed by atoms with Crippen molar-refractivity contribution < 1.29 is 14.3 Å². The summed E-state index contributed by atoms with van der Waals surface area (Å²) in [7, 11) is 1.59. The highest BCUT2D eigenvalue weighted by molar-refractivity contribution is 5.95. The third-order valence-corrected chi connectivity index (χ3v) is 5.14. The number of ether oxygens (including phenoxy) is 1. The molecule has 1 fully saturated rings. The highest BCUT2D eigenvalue weighted by Crippen LogP contribution is 2.21. The van der Waals surface area contributed by atoms with E-state index in [1.54, 1.807) is 31.4 Å². The number of anilines is 1. The SMILES string of the molecule is CCNC(=NCc1ccc(N2CCCC2=O)cc1)NCCNC(=O)c1ccc(OC)cc1. The van der Waals surface area contributed by atoms with Gasteiger partial charge in [0.15, 0.2) is 5.96 Å². The van der Waals surface area contributed by atoms with Gasteiger partial charge < -0.3 is 25.6 Å². The number of hydrogen-bond donors (Lipinski definition) is 3. The number of carbonyl (C=O) groups is 2. The van der Waals surface area contributed by atoms with Gasteiger partial charge in [-0.1, -0.05) is 12.1 Å². The van der Waals surface area contributed by atoms with Crippen LogP contribution in [0.2, 0.25) is 0 Å². The third kappa shape index (κ3) is 6.47. The summed E-state index contributed by atoms with van der Waals surface area (Å²) in [5, 5.41) is 9.32. The lowest BCUT2D eigenvalue weighted by atomic mass is 10.2. The molecule has 1 saturated heterocycles. The molecule has 8 heteroatoms. The number of aliphatic imine (C=N–C) groups is 1. The molecule has 2 amide bonds. The quantitative estimate of drug-likeness (QED) is 0.318. The van der Waals surface area contributed by atoms with Gasteiger partial charge in [-0.2, -0.15) is 0 Å². The summed E-state index contributed by atoms with van der Waals surface area (Å²) in [6.45, 7) is 5.06. The Morgan fingerprint density at radius 1 is 1.03 bits per heavy atom. The topological polar surface area (TPSA) is 95.1 Å². The van der Waals surface area contributed by atoms with Crippen LogP contribution in [0, 0.1) is 0 Å². The molecule has 170 valence electrons. The number of guanidine groups is 1. The molecule has 8 nitrogen and oxygen atoms in total. The maximum atomic E-state index is 12.2. The standard InChI is InChI=1S/C24H31N5O3/c1-3-25-24(27-15-14-26-23(31)19-8-12-21(32-2)13-9-19)28-17-18-6-10-20(11-7-18)29-16-4-5-22(29)30/h6-13H,3-5,14-17H2,1-2H3,(H,26,31)(H2,25,27,28). The molecule has 3 rings (SSSR count). The number of benzene rings is 2. The largest absolute Gasteiger partial charge is 0.497 e. The first kappa shape index (κ1) is 23.1. The van der Waals surface area contributed by atoms with Crippen molar-refractivity contribution in [2.45, 2.75) is 26.3 Å². The van der Waals surface area contributed by atoms with Crippen molar-refractivity contribution in [1.29, 1.82) is 0 Å². The molecule has 2 aromatic rings.